The maximum atomic E-state index is 12.4. The average molecular weight is 398 g/mol. The van der Waals surface area contributed by atoms with E-state index >= 15 is 0 Å². The number of fused-ring (bicyclic) bond motifs is 2. The monoisotopic (exact) mass is 398 g/mol. The van der Waals surface area contributed by atoms with Crippen LogP contribution in [0.5, 0.6) is 11.5 Å². The van der Waals surface area contributed by atoms with Crippen molar-refractivity contribution < 1.29 is 23.8 Å². The van der Waals surface area contributed by atoms with Gasteiger partial charge in [-0.3, -0.25) is 9.59 Å². The third kappa shape index (κ3) is 3.68. The molecule has 7 nitrogen and oxygen atoms in total. The molecule has 4 rings (SSSR count). The van der Waals surface area contributed by atoms with Crippen molar-refractivity contribution >= 4 is 34.5 Å². The van der Waals surface area contributed by atoms with Crippen LogP contribution in [0.1, 0.15) is 16.2 Å². The smallest absolute Gasteiger partial charge is 0.326 e. The molecule has 3 aromatic rings. The molecule has 0 saturated carbocycles. The van der Waals surface area contributed by atoms with Gasteiger partial charge in [0.05, 0.1) is 16.8 Å². The fourth-order valence-electron chi connectivity index (χ4n) is 3.02. The van der Waals surface area contributed by atoms with Crippen LogP contribution >= 0.6 is 11.8 Å². The Labute approximate surface area is 165 Å². The van der Waals surface area contributed by atoms with E-state index in [0.29, 0.717) is 22.8 Å². The van der Waals surface area contributed by atoms with Crippen molar-refractivity contribution in [3.8, 4) is 11.5 Å². The molecule has 0 aliphatic carbocycles. The van der Waals surface area contributed by atoms with E-state index in [2.05, 4.69) is 4.98 Å². The SMILES string of the molecule is CSCc1nc2ccccc2n1CC(=O)OCC(=O)c1ccc2c(c1)OCO2. The fraction of sp³-hybridized carbons (Fsp3) is 0.250. The number of ketones is 1. The molecule has 0 saturated heterocycles. The number of imidazole rings is 1. The van der Waals surface area contributed by atoms with Gasteiger partial charge in [0, 0.05) is 5.56 Å². The molecule has 0 N–H and O–H groups in total. The number of aromatic nitrogens is 2. The van der Waals surface area contributed by atoms with Crippen LogP contribution in [0.25, 0.3) is 11.0 Å². The highest BCUT2D eigenvalue weighted by Crippen LogP contribution is 2.32. The van der Waals surface area contributed by atoms with Crippen molar-refractivity contribution in [1.29, 1.82) is 0 Å². The number of nitrogens with zero attached hydrogens (tertiary/aromatic N) is 2. The fourth-order valence-corrected chi connectivity index (χ4v) is 3.49. The molecular formula is C20H18N2O5S. The molecular weight excluding hydrogens is 380 g/mol. The van der Waals surface area contributed by atoms with Crippen LogP contribution < -0.4 is 9.47 Å². The maximum Gasteiger partial charge on any atom is 0.326 e. The van der Waals surface area contributed by atoms with Gasteiger partial charge in [-0.05, 0) is 36.6 Å². The van der Waals surface area contributed by atoms with E-state index < -0.39 is 5.97 Å². The number of Topliss-reactive ketones (excluding diaryl/α,β-unsaturated/α-hetero) is 1. The first-order valence-electron chi connectivity index (χ1n) is 8.67. The molecule has 144 valence electrons. The summed E-state index contributed by atoms with van der Waals surface area (Å²) in [6.07, 6.45) is 1.98. The third-order valence-electron chi connectivity index (χ3n) is 4.35. The quantitative estimate of drug-likeness (QED) is 0.447. The van der Waals surface area contributed by atoms with Gasteiger partial charge in [-0.2, -0.15) is 11.8 Å². The number of thioether (sulfide) groups is 1. The number of ether oxygens (including phenoxy) is 3. The summed E-state index contributed by atoms with van der Waals surface area (Å²) in [6.45, 7) is -0.188. The highest BCUT2D eigenvalue weighted by Gasteiger charge is 2.18. The minimum atomic E-state index is -0.486. The number of benzene rings is 2. The predicted octanol–water partition coefficient (Wildman–Crippen LogP) is 3.05. The van der Waals surface area contributed by atoms with E-state index in [9.17, 15) is 9.59 Å². The summed E-state index contributed by atoms with van der Waals surface area (Å²) >= 11 is 1.62. The average Bonchev–Trinajstić information content (AvgIpc) is 3.31. The molecule has 2 aromatic carbocycles. The van der Waals surface area contributed by atoms with Crippen molar-refractivity contribution in [3.63, 3.8) is 0 Å². The normalized spacial score (nSPS) is 12.3. The Bertz CT molecular complexity index is 1050. The number of rotatable bonds is 7. The highest BCUT2D eigenvalue weighted by atomic mass is 32.2. The van der Waals surface area contributed by atoms with Gasteiger partial charge in [0.2, 0.25) is 6.79 Å². The summed E-state index contributed by atoms with van der Waals surface area (Å²) in [5.41, 5.74) is 2.11. The first kappa shape index (κ1) is 18.4. The Morgan fingerprint density at radius 2 is 2.00 bits per heavy atom. The molecule has 1 aliphatic heterocycles. The maximum absolute atomic E-state index is 12.4. The van der Waals surface area contributed by atoms with E-state index in [0.717, 1.165) is 16.9 Å². The Balaban J connectivity index is 1.43. The minimum Gasteiger partial charge on any atom is -0.456 e. The van der Waals surface area contributed by atoms with E-state index in [1.165, 1.54) is 0 Å². The van der Waals surface area contributed by atoms with Crippen molar-refractivity contribution in [2.45, 2.75) is 12.3 Å². The van der Waals surface area contributed by atoms with Crippen molar-refractivity contribution in [2.24, 2.45) is 0 Å². The van der Waals surface area contributed by atoms with Crippen LogP contribution in [-0.4, -0.2) is 41.0 Å². The van der Waals surface area contributed by atoms with Gasteiger partial charge in [0.25, 0.3) is 0 Å². The van der Waals surface area contributed by atoms with Crippen molar-refractivity contribution in [1.82, 2.24) is 9.55 Å². The van der Waals surface area contributed by atoms with Gasteiger partial charge in [-0.1, -0.05) is 12.1 Å². The zero-order valence-corrected chi connectivity index (χ0v) is 16.0. The second-order valence-corrected chi connectivity index (χ2v) is 7.05. The second-order valence-electron chi connectivity index (χ2n) is 6.19. The van der Waals surface area contributed by atoms with Gasteiger partial charge in [0.15, 0.2) is 23.9 Å². The molecule has 8 heteroatoms. The first-order chi connectivity index (χ1) is 13.7. The molecule has 0 fully saturated rings. The molecule has 0 amide bonds. The van der Waals surface area contributed by atoms with Gasteiger partial charge in [-0.15, -0.1) is 0 Å². The standard InChI is InChI=1S/C20H18N2O5S/c1-28-11-19-21-14-4-2-3-5-15(14)22(19)9-20(24)25-10-16(23)13-6-7-17-18(8-13)27-12-26-17/h2-8H,9-12H2,1H3. The lowest BCUT2D eigenvalue weighted by Crippen LogP contribution is -2.19. The Hall–Kier alpha value is -3.00. The third-order valence-corrected chi connectivity index (χ3v) is 4.90. The van der Waals surface area contributed by atoms with Crippen LogP contribution in [-0.2, 0) is 21.8 Å². The number of carbonyl (C=O) groups excluding carboxylic acids is 2. The summed E-state index contributed by atoms with van der Waals surface area (Å²) in [7, 11) is 0. The number of esters is 1. The van der Waals surface area contributed by atoms with Gasteiger partial charge >= 0.3 is 5.97 Å². The number of hydrogen-bond acceptors (Lipinski definition) is 7. The van der Waals surface area contributed by atoms with E-state index in [-0.39, 0.29) is 25.7 Å². The number of hydrogen-bond donors (Lipinski definition) is 0. The summed E-state index contributed by atoms with van der Waals surface area (Å²) in [6, 6.07) is 12.5. The van der Waals surface area contributed by atoms with Crippen LogP contribution in [0, 0.1) is 0 Å². The summed E-state index contributed by atoms with van der Waals surface area (Å²) in [5, 5.41) is 0. The van der Waals surface area contributed by atoms with Crippen LogP contribution in [0.3, 0.4) is 0 Å². The highest BCUT2D eigenvalue weighted by molar-refractivity contribution is 7.97. The van der Waals surface area contributed by atoms with Gasteiger partial charge < -0.3 is 18.8 Å². The second kappa shape index (κ2) is 7.93. The molecule has 28 heavy (non-hydrogen) atoms. The molecule has 0 bridgehead atoms. The molecule has 0 radical (unpaired) electrons. The topological polar surface area (TPSA) is 79.7 Å². The molecule has 1 aromatic heterocycles. The molecule has 2 heterocycles. The van der Waals surface area contributed by atoms with Crippen molar-refractivity contribution in [2.75, 3.05) is 19.7 Å². The minimum absolute atomic E-state index is 0.00479. The number of carbonyl (C=O) groups is 2. The van der Waals surface area contributed by atoms with Gasteiger partial charge in [-0.25, -0.2) is 4.98 Å². The molecule has 0 atom stereocenters. The Morgan fingerprint density at radius 1 is 1.18 bits per heavy atom. The first-order valence-corrected chi connectivity index (χ1v) is 10.1. The van der Waals surface area contributed by atoms with E-state index in [1.54, 1.807) is 30.0 Å². The van der Waals surface area contributed by atoms with Crippen LogP contribution in [0.15, 0.2) is 42.5 Å². The molecule has 0 unspecified atom stereocenters. The lowest BCUT2D eigenvalue weighted by Gasteiger charge is -2.09. The zero-order chi connectivity index (χ0) is 19.5. The zero-order valence-electron chi connectivity index (χ0n) is 15.2. The molecule has 1 aliphatic rings. The van der Waals surface area contributed by atoms with Gasteiger partial charge in [0.1, 0.15) is 12.4 Å². The van der Waals surface area contributed by atoms with E-state index in [1.807, 2.05) is 35.1 Å². The summed E-state index contributed by atoms with van der Waals surface area (Å²) < 4.78 is 17.5. The van der Waals surface area contributed by atoms with Crippen LogP contribution in [0.4, 0.5) is 0 Å². The van der Waals surface area contributed by atoms with Crippen molar-refractivity contribution in [3.05, 3.63) is 53.9 Å². The Kier molecular flexibility index (Phi) is 5.21. The summed E-state index contributed by atoms with van der Waals surface area (Å²) in [5.74, 6) is 1.81. The lowest BCUT2D eigenvalue weighted by molar-refractivity contribution is -0.143. The van der Waals surface area contributed by atoms with E-state index in [4.69, 9.17) is 14.2 Å². The Morgan fingerprint density at radius 3 is 2.86 bits per heavy atom. The predicted molar refractivity (Wildman–Crippen MR) is 105 cm³/mol. The number of para-hydroxylation sites is 2. The summed E-state index contributed by atoms with van der Waals surface area (Å²) in [4.78, 5) is 29.3. The lowest BCUT2D eigenvalue weighted by atomic mass is 10.1. The molecule has 0 spiro atoms. The largest absolute Gasteiger partial charge is 0.456 e. The van der Waals surface area contributed by atoms with Crippen LogP contribution in [0.2, 0.25) is 0 Å².